The van der Waals surface area contributed by atoms with E-state index in [1.165, 1.54) is 36.5 Å². The highest BCUT2D eigenvalue weighted by atomic mass is 32.2. The molecule has 0 bridgehead atoms. The molecule has 0 aliphatic rings. The summed E-state index contributed by atoms with van der Waals surface area (Å²) >= 11 is 1.43. The lowest BCUT2D eigenvalue weighted by molar-refractivity contribution is -0.138. The van der Waals surface area contributed by atoms with Crippen LogP contribution in [0.2, 0.25) is 0 Å². The molecule has 4 rings (SSSR count). The fourth-order valence-electron chi connectivity index (χ4n) is 3.96. The fraction of sp³-hybridized carbons (Fsp3) is 0.240. The molecule has 2 atom stereocenters. The Labute approximate surface area is 227 Å². The summed E-state index contributed by atoms with van der Waals surface area (Å²) in [5.41, 5.74) is 4.26. The van der Waals surface area contributed by atoms with Crippen LogP contribution >= 0.6 is 11.3 Å². The Bertz CT molecular complexity index is 1620. The third-order valence-electron chi connectivity index (χ3n) is 5.50. The first-order valence-corrected chi connectivity index (χ1v) is 14.1. The first-order valence-electron chi connectivity index (χ1n) is 11.7. The number of hydrogen-bond donors (Lipinski definition) is 3. The van der Waals surface area contributed by atoms with Crippen molar-refractivity contribution in [2.24, 2.45) is 0 Å². The number of fused-ring (bicyclic) bond motifs is 1. The number of carbonyl (C=O) groups is 3. The van der Waals surface area contributed by atoms with Gasteiger partial charge in [0.05, 0.1) is 35.6 Å². The summed E-state index contributed by atoms with van der Waals surface area (Å²) in [4.78, 5) is 42.7. The van der Waals surface area contributed by atoms with Crippen molar-refractivity contribution in [3.05, 3.63) is 53.4 Å². The summed E-state index contributed by atoms with van der Waals surface area (Å²) in [6.45, 7) is 3.31. The number of benzene rings is 2. The number of rotatable bonds is 12. The molecule has 2 heterocycles. The second kappa shape index (κ2) is 11.7. The maximum Gasteiger partial charge on any atom is 0.305 e. The Morgan fingerprint density at radius 3 is 2.67 bits per heavy atom. The lowest BCUT2D eigenvalue weighted by Crippen LogP contribution is -2.37. The fourth-order valence-corrected chi connectivity index (χ4v) is 5.78. The number of carboxylic acids is 1. The molecule has 0 aliphatic heterocycles. The minimum atomic E-state index is -4.39. The maximum absolute atomic E-state index is 13.2. The summed E-state index contributed by atoms with van der Waals surface area (Å²) in [5.74, 6) is -1.19. The van der Waals surface area contributed by atoms with Crippen LogP contribution in [0.25, 0.3) is 22.6 Å². The lowest BCUT2D eigenvalue weighted by Gasteiger charge is -2.21. The highest BCUT2D eigenvalue weighted by molar-refractivity contribution is 7.89. The van der Waals surface area contributed by atoms with Crippen LogP contribution in [0.4, 0.5) is 5.69 Å². The van der Waals surface area contributed by atoms with E-state index in [-0.39, 0.29) is 35.1 Å². The number of thiazole rings is 1. The number of anilines is 1. The molecule has 0 radical (unpaired) electrons. The second-order valence-corrected chi connectivity index (χ2v) is 11.0. The molecule has 3 N–H and O–H groups in total. The summed E-state index contributed by atoms with van der Waals surface area (Å²) in [5, 5.41) is 13.4. The van der Waals surface area contributed by atoms with E-state index < -0.39 is 34.6 Å². The van der Waals surface area contributed by atoms with Crippen LogP contribution in [0.15, 0.2) is 58.3 Å². The SMILES string of the molecule is CC(=O)Nc1ccc(S(=O)(=O)NC(C=O)CC(=O)O)c(OC(C)Cn2c(-c3cscn3)nc3ccccc32)c1. The molecule has 4 aromatic rings. The number of amides is 1. The van der Waals surface area contributed by atoms with Crippen LogP contribution < -0.4 is 14.8 Å². The number of aliphatic carboxylic acids is 1. The van der Waals surface area contributed by atoms with E-state index >= 15 is 0 Å². The van der Waals surface area contributed by atoms with Crippen molar-refractivity contribution in [3.63, 3.8) is 0 Å². The molecule has 204 valence electrons. The van der Waals surface area contributed by atoms with Crippen molar-refractivity contribution in [1.82, 2.24) is 19.3 Å². The Kier molecular flexibility index (Phi) is 8.38. The molecule has 2 unspecified atom stereocenters. The second-order valence-electron chi connectivity index (χ2n) is 8.64. The third kappa shape index (κ3) is 6.66. The van der Waals surface area contributed by atoms with E-state index in [1.807, 2.05) is 34.2 Å². The first-order chi connectivity index (χ1) is 18.6. The van der Waals surface area contributed by atoms with Gasteiger partial charge < -0.3 is 24.5 Å². The van der Waals surface area contributed by atoms with Gasteiger partial charge in [0.25, 0.3) is 0 Å². The van der Waals surface area contributed by atoms with Crippen molar-refractivity contribution in [3.8, 4) is 17.3 Å². The zero-order chi connectivity index (χ0) is 28.2. The predicted molar refractivity (Wildman–Crippen MR) is 144 cm³/mol. The number of para-hydroxylation sites is 2. The van der Waals surface area contributed by atoms with Gasteiger partial charge in [0.2, 0.25) is 15.9 Å². The molecule has 14 heteroatoms. The van der Waals surface area contributed by atoms with Gasteiger partial charge in [-0.25, -0.2) is 23.1 Å². The zero-order valence-electron chi connectivity index (χ0n) is 20.9. The van der Waals surface area contributed by atoms with E-state index in [2.05, 4.69) is 15.0 Å². The number of nitrogens with one attached hydrogen (secondary N) is 2. The number of ether oxygens (including phenoxy) is 1. The van der Waals surface area contributed by atoms with E-state index in [1.54, 1.807) is 12.4 Å². The topological polar surface area (TPSA) is 170 Å². The molecule has 12 nitrogen and oxygen atoms in total. The predicted octanol–water partition coefficient (Wildman–Crippen LogP) is 2.91. The smallest absolute Gasteiger partial charge is 0.305 e. The van der Waals surface area contributed by atoms with Gasteiger partial charge in [0, 0.05) is 24.1 Å². The van der Waals surface area contributed by atoms with Gasteiger partial charge in [0.1, 0.15) is 28.7 Å². The molecule has 2 aromatic heterocycles. The highest BCUT2D eigenvalue weighted by Gasteiger charge is 2.27. The minimum Gasteiger partial charge on any atom is -0.487 e. The van der Waals surface area contributed by atoms with E-state index in [4.69, 9.17) is 14.8 Å². The van der Waals surface area contributed by atoms with E-state index in [0.717, 1.165) is 11.0 Å². The Hall–Kier alpha value is -4.14. The number of sulfonamides is 1. The number of aldehydes is 1. The van der Waals surface area contributed by atoms with Crippen LogP contribution in [0.5, 0.6) is 5.75 Å². The number of nitrogens with zero attached hydrogens (tertiary/aromatic N) is 3. The largest absolute Gasteiger partial charge is 0.487 e. The van der Waals surface area contributed by atoms with Crippen LogP contribution in [0.3, 0.4) is 0 Å². The number of carboxylic acid groups (broad SMARTS) is 1. The van der Waals surface area contributed by atoms with Gasteiger partial charge in [-0.05, 0) is 31.2 Å². The van der Waals surface area contributed by atoms with Gasteiger partial charge in [-0.3, -0.25) is 9.59 Å². The number of hydrogen-bond acceptors (Lipinski definition) is 9. The summed E-state index contributed by atoms with van der Waals surface area (Å²) in [6, 6.07) is 9.99. The monoisotopic (exact) mass is 571 g/mol. The normalized spacial score (nSPS) is 13.1. The van der Waals surface area contributed by atoms with Crippen molar-refractivity contribution in [2.45, 2.75) is 43.9 Å². The Morgan fingerprint density at radius 1 is 1.23 bits per heavy atom. The lowest BCUT2D eigenvalue weighted by atomic mass is 10.2. The highest BCUT2D eigenvalue weighted by Crippen LogP contribution is 2.30. The zero-order valence-corrected chi connectivity index (χ0v) is 22.5. The van der Waals surface area contributed by atoms with Crippen molar-refractivity contribution in [2.75, 3.05) is 5.32 Å². The van der Waals surface area contributed by atoms with Gasteiger partial charge >= 0.3 is 5.97 Å². The average molecular weight is 572 g/mol. The Morgan fingerprint density at radius 2 is 2.00 bits per heavy atom. The first kappa shape index (κ1) is 27.9. The molecule has 0 fully saturated rings. The molecule has 0 saturated heterocycles. The standard InChI is InChI=1S/C25H25N5O7S2/c1-15(11-30-21-6-4-3-5-19(21)28-25(30)20-13-38-14-26-20)37-22-9-17(27-16(2)32)7-8-23(22)39(35,36)29-18(12-31)10-24(33)34/h3-9,12-15,18,29H,10-11H2,1-2H3,(H,27,32)(H,33,34). The van der Waals surface area contributed by atoms with Gasteiger partial charge in [-0.1, -0.05) is 12.1 Å². The Balaban J connectivity index is 1.68. The molecular weight excluding hydrogens is 546 g/mol. The van der Waals surface area contributed by atoms with Gasteiger partial charge in [0.15, 0.2) is 5.82 Å². The van der Waals surface area contributed by atoms with Crippen molar-refractivity contribution >= 4 is 56.2 Å². The van der Waals surface area contributed by atoms with Crippen molar-refractivity contribution < 1.29 is 32.6 Å². The van der Waals surface area contributed by atoms with Crippen LogP contribution in [-0.4, -0.2) is 58.4 Å². The number of carbonyl (C=O) groups excluding carboxylic acids is 2. The van der Waals surface area contributed by atoms with Crippen LogP contribution in [0.1, 0.15) is 20.3 Å². The van der Waals surface area contributed by atoms with E-state index in [9.17, 15) is 22.8 Å². The van der Waals surface area contributed by atoms with Crippen LogP contribution in [-0.2, 0) is 31.0 Å². The van der Waals surface area contributed by atoms with Crippen LogP contribution in [0, 0.1) is 0 Å². The van der Waals surface area contributed by atoms with E-state index in [0.29, 0.717) is 11.5 Å². The maximum atomic E-state index is 13.2. The minimum absolute atomic E-state index is 0.0964. The molecule has 0 saturated carbocycles. The number of aromatic nitrogens is 3. The molecule has 1 amide bonds. The molecule has 39 heavy (non-hydrogen) atoms. The molecule has 0 spiro atoms. The van der Waals surface area contributed by atoms with Gasteiger partial charge in [-0.15, -0.1) is 11.3 Å². The molecule has 0 aliphatic carbocycles. The van der Waals surface area contributed by atoms with Crippen molar-refractivity contribution in [1.29, 1.82) is 0 Å². The molecule has 2 aromatic carbocycles. The summed E-state index contributed by atoms with van der Waals surface area (Å²) < 4.78 is 36.5. The summed E-state index contributed by atoms with van der Waals surface area (Å²) in [6.07, 6.45) is -1.13. The number of imidazole rings is 1. The van der Waals surface area contributed by atoms with Gasteiger partial charge in [-0.2, -0.15) is 0 Å². The third-order valence-corrected chi connectivity index (χ3v) is 7.62. The molecular formula is C25H25N5O7S2. The average Bonchev–Trinajstić information content (AvgIpc) is 3.51. The quantitative estimate of drug-likeness (QED) is 0.216. The summed E-state index contributed by atoms with van der Waals surface area (Å²) in [7, 11) is -4.39.